The van der Waals surface area contributed by atoms with E-state index in [0.29, 0.717) is 30.5 Å². The molecule has 1 saturated heterocycles. The summed E-state index contributed by atoms with van der Waals surface area (Å²) in [7, 11) is 0. The molecule has 2 heterocycles. The van der Waals surface area contributed by atoms with Crippen LogP contribution in [0, 0.1) is 4.91 Å². The summed E-state index contributed by atoms with van der Waals surface area (Å²) in [5, 5.41) is 2.95. The van der Waals surface area contributed by atoms with Crippen LogP contribution in [0.1, 0.15) is 34.8 Å². The van der Waals surface area contributed by atoms with E-state index in [1.54, 1.807) is 23.1 Å². The Morgan fingerprint density at radius 1 is 1.29 bits per heavy atom. The van der Waals surface area contributed by atoms with Crippen LogP contribution in [0.2, 0.25) is 0 Å². The number of benzene rings is 1. The molecule has 0 bridgehead atoms. The number of fused-ring (bicyclic) bond motifs is 3. The van der Waals surface area contributed by atoms with Gasteiger partial charge < -0.3 is 4.90 Å². The molecule has 0 aliphatic carbocycles. The van der Waals surface area contributed by atoms with Crippen LogP contribution in [-0.4, -0.2) is 23.1 Å². The summed E-state index contributed by atoms with van der Waals surface area (Å²) in [6, 6.07) is 4.64. The standard InChI is InChI=1S/C12H10N2O3/c15-7-4-5-14-10(6-7)11-8(12(14)16)2-1-3-9(11)13-17/h1-3,10H,4-6H2. The molecule has 2 aliphatic heterocycles. The molecule has 5 nitrogen and oxygen atoms in total. The fraction of sp³-hybridized carbons (Fsp3) is 0.333. The smallest absolute Gasteiger partial charge is 0.254 e. The Labute approximate surface area is 97.4 Å². The maximum atomic E-state index is 12.1. The van der Waals surface area contributed by atoms with Gasteiger partial charge in [-0.3, -0.25) is 9.59 Å². The lowest BCUT2D eigenvalue weighted by Gasteiger charge is -2.29. The molecule has 1 unspecified atom stereocenters. The Bertz CT molecular complexity index is 539. The zero-order chi connectivity index (χ0) is 12.0. The highest BCUT2D eigenvalue weighted by atomic mass is 16.3. The van der Waals surface area contributed by atoms with E-state index in [4.69, 9.17) is 0 Å². The van der Waals surface area contributed by atoms with Crippen molar-refractivity contribution in [2.75, 3.05) is 6.54 Å². The first-order chi connectivity index (χ1) is 8.22. The maximum Gasteiger partial charge on any atom is 0.254 e. The van der Waals surface area contributed by atoms with Crippen LogP contribution in [0.15, 0.2) is 23.4 Å². The van der Waals surface area contributed by atoms with Crippen molar-refractivity contribution in [1.29, 1.82) is 0 Å². The van der Waals surface area contributed by atoms with E-state index in [1.807, 2.05) is 0 Å². The van der Waals surface area contributed by atoms with Gasteiger partial charge in [-0.25, -0.2) is 0 Å². The van der Waals surface area contributed by atoms with Crippen molar-refractivity contribution < 1.29 is 9.59 Å². The van der Waals surface area contributed by atoms with Crippen molar-refractivity contribution in [3.8, 4) is 0 Å². The van der Waals surface area contributed by atoms with Gasteiger partial charge >= 0.3 is 0 Å². The molecule has 3 rings (SSSR count). The number of rotatable bonds is 1. The number of Topliss-reactive ketones (excluding diaryl/α,β-unsaturated/α-hetero) is 1. The van der Waals surface area contributed by atoms with Crippen molar-refractivity contribution >= 4 is 17.4 Å². The summed E-state index contributed by atoms with van der Waals surface area (Å²) >= 11 is 0. The van der Waals surface area contributed by atoms with Gasteiger partial charge in [0.2, 0.25) is 0 Å². The van der Waals surface area contributed by atoms with Crippen molar-refractivity contribution in [3.05, 3.63) is 34.2 Å². The predicted octanol–water partition coefficient (Wildman–Crippen LogP) is 1.94. The number of hydrogen-bond donors (Lipinski definition) is 0. The average Bonchev–Trinajstić information content (AvgIpc) is 2.63. The lowest BCUT2D eigenvalue weighted by atomic mass is 9.95. The molecule has 0 saturated carbocycles. The number of piperidine rings is 1. The van der Waals surface area contributed by atoms with E-state index < -0.39 is 0 Å². The number of amides is 1. The van der Waals surface area contributed by atoms with Crippen LogP contribution >= 0.6 is 0 Å². The fourth-order valence-corrected chi connectivity index (χ4v) is 2.65. The molecule has 1 amide bonds. The van der Waals surface area contributed by atoms with E-state index in [9.17, 15) is 14.5 Å². The SMILES string of the molecule is O=Nc1cccc2c1C1CC(=O)CCN1C2=O. The Morgan fingerprint density at radius 3 is 2.88 bits per heavy atom. The lowest BCUT2D eigenvalue weighted by molar-refractivity contribution is -0.122. The van der Waals surface area contributed by atoms with Gasteiger partial charge in [-0.15, -0.1) is 4.91 Å². The number of nitroso groups, excluding NO2 is 1. The zero-order valence-electron chi connectivity index (χ0n) is 9.05. The Hall–Kier alpha value is -2.04. The quantitative estimate of drug-likeness (QED) is 0.692. The first-order valence-electron chi connectivity index (χ1n) is 5.51. The number of ketones is 1. The fourth-order valence-electron chi connectivity index (χ4n) is 2.65. The van der Waals surface area contributed by atoms with Gasteiger partial charge in [0.1, 0.15) is 11.5 Å². The summed E-state index contributed by atoms with van der Waals surface area (Å²) in [5.41, 5.74) is 1.42. The molecule has 5 heteroatoms. The number of nitrogens with zero attached hydrogens (tertiary/aromatic N) is 2. The van der Waals surface area contributed by atoms with Gasteiger partial charge in [-0.1, -0.05) is 6.07 Å². The van der Waals surface area contributed by atoms with E-state index in [0.717, 1.165) is 0 Å². The molecule has 0 spiro atoms. The summed E-state index contributed by atoms with van der Waals surface area (Å²) in [5.74, 6) is 0.0376. The van der Waals surface area contributed by atoms with Crippen LogP contribution < -0.4 is 0 Å². The third-order valence-electron chi connectivity index (χ3n) is 3.43. The second-order valence-corrected chi connectivity index (χ2v) is 4.34. The van der Waals surface area contributed by atoms with Crippen LogP contribution in [-0.2, 0) is 4.79 Å². The second kappa shape index (κ2) is 3.48. The zero-order valence-corrected chi connectivity index (χ0v) is 9.05. The largest absolute Gasteiger partial charge is 0.331 e. The van der Waals surface area contributed by atoms with Gasteiger partial charge in [-0.05, 0) is 17.3 Å². The molecule has 1 aromatic carbocycles. The number of carbonyl (C=O) groups is 2. The first kappa shape index (κ1) is 10.1. The van der Waals surface area contributed by atoms with Gasteiger partial charge in [0, 0.05) is 30.5 Å². The molecule has 0 aromatic heterocycles. The Balaban J connectivity index is 2.17. The minimum Gasteiger partial charge on any atom is -0.331 e. The van der Waals surface area contributed by atoms with Crippen LogP contribution in [0.4, 0.5) is 5.69 Å². The highest BCUT2D eigenvalue weighted by molar-refractivity contribution is 6.02. The van der Waals surface area contributed by atoms with E-state index >= 15 is 0 Å². The molecule has 86 valence electrons. The third-order valence-corrected chi connectivity index (χ3v) is 3.43. The van der Waals surface area contributed by atoms with Crippen LogP contribution in [0.5, 0.6) is 0 Å². The molecular weight excluding hydrogens is 220 g/mol. The highest BCUT2D eigenvalue weighted by Crippen LogP contribution is 2.43. The monoisotopic (exact) mass is 230 g/mol. The average molecular weight is 230 g/mol. The minimum absolute atomic E-state index is 0.0944. The molecule has 2 aliphatic rings. The normalized spacial score (nSPS) is 22.4. The molecule has 0 radical (unpaired) electrons. The van der Waals surface area contributed by atoms with Crippen molar-refractivity contribution in [2.24, 2.45) is 5.18 Å². The third kappa shape index (κ3) is 1.32. The van der Waals surface area contributed by atoms with Crippen LogP contribution in [0.25, 0.3) is 0 Å². The van der Waals surface area contributed by atoms with E-state index in [-0.39, 0.29) is 23.4 Å². The van der Waals surface area contributed by atoms with Crippen molar-refractivity contribution in [3.63, 3.8) is 0 Å². The van der Waals surface area contributed by atoms with Crippen molar-refractivity contribution in [1.82, 2.24) is 4.90 Å². The van der Waals surface area contributed by atoms with Gasteiger partial charge in [-0.2, -0.15) is 0 Å². The van der Waals surface area contributed by atoms with Gasteiger partial charge in [0.05, 0.1) is 6.04 Å². The predicted molar refractivity (Wildman–Crippen MR) is 59.9 cm³/mol. The number of carbonyl (C=O) groups excluding carboxylic acids is 2. The summed E-state index contributed by atoms with van der Waals surface area (Å²) in [6.07, 6.45) is 0.700. The Morgan fingerprint density at radius 2 is 2.12 bits per heavy atom. The lowest BCUT2D eigenvalue weighted by Crippen LogP contribution is -2.35. The summed E-state index contributed by atoms with van der Waals surface area (Å²) < 4.78 is 0. The highest BCUT2D eigenvalue weighted by Gasteiger charge is 2.41. The second-order valence-electron chi connectivity index (χ2n) is 4.34. The molecule has 1 atom stereocenters. The minimum atomic E-state index is -0.285. The summed E-state index contributed by atoms with van der Waals surface area (Å²) in [4.78, 5) is 36.0. The maximum absolute atomic E-state index is 12.1. The first-order valence-corrected chi connectivity index (χ1v) is 5.51. The molecule has 1 aromatic rings. The molecular formula is C12H10N2O3. The van der Waals surface area contributed by atoms with Crippen LogP contribution in [0.3, 0.4) is 0 Å². The van der Waals surface area contributed by atoms with Gasteiger partial charge in [0.15, 0.2) is 0 Å². The van der Waals surface area contributed by atoms with E-state index in [2.05, 4.69) is 5.18 Å². The topological polar surface area (TPSA) is 66.8 Å². The Kier molecular flexibility index (Phi) is 2.07. The van der Waals surface area contributed by atoms with E-state index in [1.165, 1.54) is 0 Å². The van der Waals surface area contributed by atoms with Crippen molar-refractivity contribution in [2.45, 2.75) is 18.9 Å². The van der Waals surface area contributed by atoms with Gasteiger partial charge in [0.25, 0.3) is 5.91 Å². The number of hydrogen-bond acceptors (Lipinski definition) is 4. The summed E-state index contributed by atoms with van der Waals surface area (Å²) in [6.45, 7) is 0.440. The molecule has 17 heavy (non-hydrogen) atoms. The molecule has 1 fully saturated rings. The molecule has 0 N–H and O–H groups in total.